The maximum absolute atomic E-state index is 12.8. The molecule has 4 heteroatoms. The van der Waals surface area contributed by atoms with Gasteiger partial charge in [0.25, 0.3) is 0 Å². The Morgan fingerprint density at radius 3 is 2.30 bits per heavy atom. The zero-order chi connectivity index (χ0) is 15.0. The number of benzene rings is 1. The molecule has 0 radical (unpaired) electrons. The SMILES string of the molecule is CCCNC(CCC)C(CC)S(=O)c1ccc(Cl)cc1. The molecule has 0 saturated heterocycles. The van der Waals surface area contributed by atoms with Gasteiger partial charge >= 0.3 is 0 Å². The standard InChI is InChI=1S/C16H26ClNOS/c1-4-7-15(18-12-5-2)16(6-3)20(19)14-10-8-13(17)9-11-14/h8-11,15-16,18H,4-7,12H2,1-3H3. The second-order valence-corrected chi connectivity index (χ2v) is 7.16. The second kappa shape index (κ2) is 9.54. The summed E-state index contributed by atoms with van der Waals surface area (Å²) in [5.74, 6) is 0. The average Bonchev–Trinajstić information content (AvgIpc) is 2.46. The van der Waals surface area contributed by atoms with Gasteiger partial charge in [0.1, 0.15) is 0 Å². The Kier molecular flexibility index (Phi) is 8.43. The summed E-state index contributed by atoms with van der Waals surface area (Å²) in [4.78, 5) is 0.876. The molecule has 0 heterocycles. The van der Waals surface area contributed by atoms with Gasteiger partial charge in [-0.25, -0.2) is 0 Å². The van der Waals surface area contributed by atoms with Gasteiger partial charge in [0.15, 0.2) is 0 Å². The molecule has 0 aliphatic rings. The van der Waals surface area contributed by atoms with E-state index in [2.05, 4.69) is 26.1 Å². The predicted octanol–water partition coefficient (Wildman–Crippen LogP) is 4.39. The van der Waals surface area contributed by atoms with Gasteiger partial charge < -0.3 is 5.32 Å². The molecule has 0 saturated carbocycles. The molecule has 3 unspecified atom stereocenters. The van der Waals surface area contributed by atoms with E-state index in [1.165, 1.54) is 0 Å². The van der Waals surface area contributed by atoms with Crippen LogP contribution in [0.4, 0.5) is 0 Å². The third kappa shape index (κ3) is 5.19. The zero-order valence-electron chi connectivity index (χ0n) is 12.7. The molecule has 1 rings (SSSR count). The first-order chi connectivity index (χ1) is 9.63. The van der Waals surface area contributed by atoms with E-state index in [0.29, 0.717) is 11.1 Å². The molecule has 2 nitrogen and oxygen atoms in total. The first-order valence-electron chi connectivity index (χ1n) is 7.53. The van der Waals surface area contributed by atoms with Gasteiger partial charge in [-0.3, -0.25) is 4.21 Å². The summed E-state index contributed by atoms with van der Waals surface area (Å²) in [6.45, 7) is 7.44. The molecule has 0 spiro atoms. The summed E-state index contributed by atoms with van der Waals surface area (Å²) in [6.07, 6.45) is 4.19. The van der Waals surface area contributed by atoms with E-state index in [1.807, 2.05) is 24.3 Å². The van der Waals surface area contributed by atoms with Gasteiger partial charge in [-0.15, -0.1) is 0 Å². The molecular formula is C16H26ClNOS. The Morgan fingerprint density at radius 1 is 1.15 bits per heavy atom. The lowest BCUT2D eigenvalue weighted by Crippen LogP contribution is -2.42. The van der Waals surface area contributed by atoms with Gasteiger partial charge in [-0.05, 0) is 50.1 Å². The van der Waals surface area contributed by atoms with Crippen molar-refractivity contribution in [1.82, 2.24) is 5.32 Å². The largest absolute Gasteiger partial charge is 0.313 e. The van der Waals surface area contributed by atoms with Crippen LogP contribution in [0.2, 0.25) is 5.02 Å². The molecule has 1 aromatic carbocycles. The van der Waals surface area contributed by atoms with Gasteiger partial charge in [-0.2, -0.15) is 0 Å². The summed E-state index contributed by atoms with van der Waals surface area (Å²) in [5, 5.41) is 4.41. The van der Waals surface area contributed by atoms with Crippen molar-refractivity contribution in [3.63, 3.8) is 0 Å². The normalized spacial score (nSPS) is 15.8. The Morgan fingerprint density at radius 2 is 1.80 bits per heavy atom. The van der Waals surface area contributed by atoms with Crippen LogP contribution in [0.5, 0.6) is 0 Å². The number of hydrogen-bond acceptors (Lipinski definition) is 2. The number of rotatable bonds is 9. The van der Waals surface area contributed by atoms with Gasteiger partial charge in [0.2, 0.25) is 0 Å². The van der Waals surface area contributed by atoms with Crippen molar-refractivity contribution in [1.29, 1.82) is 0 Å². The van der Waals surface area contributed by atoms with Crippen molar-refractivity contribution in [2.24, 2.45) is 0 Å². The van der Waals surface area contributed by atoms with Crippen molar-refractivity contribution in [3.8, 4) is 0 Å². The fourth-order valence-electron chi connectivity index (χ4n) is 2.39. The Balaban J connectivity index is 2.84. The molecule has 0 aromatic heterocycles. The summed E-state index contributed by atoms with van der Waals surface area (Å²) < 4.78 is 12.8. The monoisotopic (exact) mass is 315 g/mol. The van der Waals surface area contributed by atoms with E-state index in [9.17, 15) is 4.21 Å². The molecule has 1 aromatic rings. The first kappa shape index (κ1) is 17.7. The minimum absolute atomic E-state index is 0.155. The lowest BCUT2D eigenvalue weighted by molar-refractivity contribution is 0.447. The van der Waals surface area contributed by atoms with Crippen LogP contribution in [0.25, 0.3) is 0 Å². The van der Waals surface area contributed by atoms with E-state index in [1.54, 1.807) is 0 Å². The molecule has 20 heavy (non-hydrogen) atoms. The van der Waals surface area contributed by atoms with E-state index >= 15 is 0 Å². The molecule has 1 N–H and O–H groups in total. The molecule has 0 aliphatic heterocycles. The van der Waals surface area contributed by atoms with Crippen LogP contribution < -0.4 is 5.32 Å². The Hall–Kier alpha value is -0.380. The highest BCUT2D eigenvalue weighted by Gasteiger charge is 2.25. The third-order valence-electron chi connectivity index (χ3n) is 3.43. The van der Waals surface area contributed by atoms with Crippen LogP contribution in [-0.2, 0) is 10.8 Å². The van der Waals surface area contributed by atoms with E-state index in [4.69, 9.17) is 11.6 Å². The maximum atomic E-state index is 12.8. The summed E-state index contributed by atoms with van der Waals surface area (Å²) in [5.41, 5.74) is 0. The fraction of sp³-hybridized carbons (Fsp3) is 0.625. The summed E-state index contributed by atoms with van der Waals surface area (Å²) in [6, 6.07) is 7.71. The van der Waals surface area contributed by atoms with E-state index in [-0.39, 0.29) is 5.25 Å². The zero-order valence-corrected chi connectivity index (χ0v) is 14.3. The quantitative estimate of drug-likeness (QED) is 0.732. The van der Waals surface area contributed by atoms with Crippen LogP contribution in [0.3, 0.4) is 0 Å². The molecule has 0 fully saturated rings. The van der Waals surface area contributed by atoms with Crippen LogP contribution in [0, 0.1) is 0 Å². The molecule has 0 aliphatic carbocycles. The molecule has 0 bridgehead atoms. The van der Waals surface area contributed by atoms with Crippen molar-refractivity contribution >= 4 is 22.4 Å². The summed E-state index contributed by atoms with van der Waals surface area (Å²) in [7, 11) is -0.986. The first-order valence-corrected chi connectivity index (χ1v) is 9.12. The van der Waals surface area contributed by atoms with Crippen molar-refractivity contribution in [2.75, 3.05) is 6.54 Å². The highest BCUT2D eigenvalue weighted by molar-refractivity contribution is 7.85. The minimum Gasteiger partial charge on any atom is -0.313 e. The van der Waals surface area contributed by atoms with Crippen LogP contribution >= 0.6 is 11.6 Å². The summed E-state index contributed by atoms with van der Waals surface area (Å²) >= 11 is 5.90. The molecule has 0 amide bonds. The molecular weight excluding hydrogens is 290 g/mol. The Bertz CT molecular complexity index is 407. The van der Waals surface area contributed by atoms with Crippen LogP contribution in [-0.4, -0.2) is 22.0 Å². The number of hydrogen-bond donors (Lipinski definition) is 1. The van der Waals surface area contributed by atoms with Crippen molar-refractivity contribution in [3.05, 3.63) is 29.3 Å². The van der Waals surface area contributed by atoms with Crippen LogP contribution in [0.15, 0.2) is 29.2 Å². The topological polar surface area (TPSA) is 29.1 Å². The molecule has 114 valence electrons. The number of nitrogens with one attached hydrogen (secondary N) is 1. The lowest BCUT2D eigenvalue weighted by atomic mass is 10.1. The minimum atomic E-state index is -0.986. The highest BCUT2D eigenvalue weighted by Crippen LogP contribution is 2.21. The molecule has 3 atom stereocenters. The van der Waals surface area contributed by atoms with Gasteiger partial charge in [0.05, 0.1) is 16.0 Å². The van der Waals surface area contributed by atoms with Crippen molar-refractivity contribution in [2.45, 2.75) is 62.6 Å². The van der Waals surface area contributed by atoms with E-state index < -0.39 is 10.8 Å². The fourth-order valence-corrected chi connectivity index (χ4v) is 4.10. The third-order valence-corrected chi connectivity index (χ3v) is 5.63. The average molecular weight is 316 g/mol. The lowest BCUT2D eigenvalue weighted by Gasteiger charge is -2.26. The van der Waals surface area contributed by atoms with Gasteiger partial charge in [0, 0.05) is 16.0 Å². The maximum Gasteiger partial charge on any atom is 0.0576 e. The second-order valence-electron chi connectivity index (χ2n) is 5.05. The highest BCUT2D eigenvalue weighted by atomic mass is 35.5. The smallest absolute Gasteiger partial charge is 0.0576 e. The van der Waals surface area contributed by atoms with Crippen molar-refractivity contribution < 1.29 is 4.21 Å². The van der Waals surface area contributed by atoms with Gasteiger partial charge in [-0.1, -0.05) is 38.8 Å². The predicted molar refractivity (Wildman–Crippen MR) is 88.9 cm³/mol. The number of halogens is 1. The van der Waals surface area contributed by atoms with E-state index in [0.717, 1.165) is 37.1 Å². The Labute approximate surface area is 130 Å². The van der Waals surface area contributed by atoms with Crippen LogP contribution in [0.1, 0.15) is 46.5 Å².